The van der Waals surface area contributed by atoms with Gasteiger partial charge >= 0.3 is 5.97 Å². The highest BCUT2D eigenvalue weighted by atomic mass is 16.5. The number of imidazole rings is 1. The molecule has 0 aliphatic rings. The van der Waals surface area contributed by atoms with Crippen molar-refractivity contribution in [2.45, 2.75) is 13.3 Å². The Kier molecular flexibility index (Phi) is 4.12. The lowest BCUT2D eigenvalue weighted by atomic mass is 10.2. The van der Waals surface area contributed by atoms with Crippen LogP contribution in [0.4, 0.5) is 0 Å². The van der Waals surface area contributed by atoms with Gasteiger partial charge in [-0.15, -0.1) is 0 Å². The van der Waals surface area contributed by atoms with Crippen LogP contribution in [0.2, 0.25) is 0 Å². The average molecular weight is 261 g/mol. The van der Waals surface area contributed by atoms with Crippen molar-refractivity contribution in [1.29, 1.82) is 0 Å². The van der Waals surface area contributed by atoms with Crippen molar-refractivity contribution in [3.05, 3.63) is 30.1 Å². The fourth-order valence-electron chi connectivity index (χ4n) is 1.69. The summed E-state index contributed by atoms with van der Waals surface area (Å²) in [4.78, 5) is 30.0. The maximum atomic E-state index is 11.9. The molecule has 1 aromatic heterocycles. The van der Waals surface area contributed by atoms with Gasteiger partial charge in [0.1, 0.15) is 0 Å². The van der Waals surface area contributed by atoms with Gasteiger partial charge < -0.3 is 15.0 Å². The van der Waals surface area contributed by atoms with E-state index in [4.69, 9.17) is 4.74 Å². The molecular weight excluding hydrogens is 246 g/mol. The Labute approximate surface area is 110 Å². The second-order valence-corrected chi connectivity index (χ2v) is 3.95. The summed E-state index contributed by atoms with van der Waals surface area (Å²) < 4.78 is 4.77. The molecule has 0 aliphatic heterocycles. The van der Waals surface area contributed by atoms with E-state index in [9.17, 15) is 9.59 Å². The highest BCUT2D eigenvalue weighted by Crippen LogP contribution is 2.11. The summed E-state index contributed by atoms with van der Waals surface area (Å²) in [6.07, 6.45) is 1.75. The second kappa shape index (κ2) is 5.99. The Morgan fingerprint density at radius 1 is 1.42 bits per heavy atom. The van der Waals surface area contributed by atoms with Gasteiger partial charge in [-0.25, -0.2) is 4.98 Å². The van der Waals surface area contributed by atoms with Gasteiger partial charge in [0.25, 0.3) is 5.91 Å². The normalized spacial score (nSPS) is 10.4. The van der Waals surface area contributed by atoms with Gasteiger partial charge in [0.15, 0.2) is 0 Å². The molecule has 100 valence electrons. The first-order valence-electron chi connectivity index (χ1n) is 6.07. The van der Waals surface area contributed by atoms with Crippen molar-refractivity contribution in [3.63, 3.8) is 0 Å². The number of aromatic nitrogens is 2. The molecule has 0 spiro atoms. The first-order valence-corrected chi connectivity index (χ1v) is 6.07. The third-order valence-corrected chi connectivity index (χ3v) is 2.60. The van der Waals surface area contributed by atoms with E-state index >= 15 is 0 Å². The number of rotatable bonds is 5. The molecular formula is C13H15N3O3. The van der Waals surface area contributed by atoms with Crippen LogP contribution in [-0.4, -0.2) is 35.0 Å². The zero-order valence-electron chi connectivity index (χ0n) is 10.6. The highest BCUT2D eigenvalue weighted by molar-refractivity contribution is 5.97. The zero-order valence-corrected chi connectivity index (χ0v) is 10.6. The minimum Gasteiger partial charge on any atom is -0.466 e. The summed E-state index contributed by atoms with van der Waals surface area (Å²) in [5.41, 5.74) is 2.14. The Balaban J connectivity index is 1.90. The number of fused-ring (bicyclic) bond motifs is 1. The molecule has 0 aliphatic carbocycles. The molecule has 0 unspecified atom stereocenters. The second-order valence-electron chi connectivity index (χ2n) is 3.95. The van der Waals surface area contributed by atoms with E-state index in [1.165, 1.54) is 0 Å². The van der Waals surface area contributed by atoms with Crippen molar-refractivity contribution < 1.29 is 14.3 Å². The molecule has 19 heavy (non-hydrogen) atoms. The minimum absolute atomic E-state index is 0.173. The molecule has 0 radical (unpaired) electrons. The third-order valence-electron chi connectivity index (χ3n) is 2.60. The number of ether oxygens (including phenoxy) is 1. The number of hydrogen-bond acceptors (Lipinski definition) is 4. The summed E-state index contributed by atoms with van der Waals surface area (Å²) in [6, 6.07) is 5.19. The lowest BCUT2D eigenvalue weighted by molar-refractivity contribution is -0.142. The van der Waals surface area contributed by atoms with Gasteiger partial charge in [0, 0.05) is 12.1 Å². The molecule has 1 heterocycles. The van der Waals surface area contributed by atoms with E-state index in [0.717, 1.165) is 11.0 Å². The molecule has 0 saturated carbocycles. The molecule has 6 heteroatoms. The van der Waals surface area contributed by atoms with Crippen molar-refractivity contribution in [2.75, 3.05) is 13.2 Å². The summed E-state index contributed by atoms with van der Waals surface area (Å²) in [5.74, 6) is -0.535. The maximum Gasteiger partial charge on any atom is 0.307 e. The zero-order chi connectivity index (χ0) is 13.7. The monoisotopic (exact) mass is 261 g/mol. The highest BCUT2D eigenvalue weighted by Gasteiger charge is 2.08. The number of benzene rings is 1. The third kappa shape index (κ3) is 3.31. The van der Waals surface area contributed by atoms with Gasteiger partial charge in [-0.05, 0) is 25.1 Å². The molecule has 0 bridgehead atoms. The Morgan fingerprint density at radius 3 is 3.05 bits per heavy atom. The number of amides is 1. The number of nitrogens with zero attached hydrogens (tertiary/aromatic N) is 1. The number of esters is 1. The molecule has 2 aromatic rings. The number of aromatic amines is 1. The van der Waals surface area contributed by atoms with Crippen LogP contribution in [-0.2, 0) is 9.53 Å². The standard InChI is InChI=1S/C13H15N3O3/c1-2-19-12(17)5-6-14-13(18)9-3-4-10-11(7-9)16-8-15-10/h3-4,7-8H,2,5-6H2,1H3,(H,14,18)(H,15,16). The quantitative estimate of drug-likeness (QED) is 0.793. The first-order chi connectivity index (χ1) is 9.20. The van der Waals surface area contributed by atoms with Gasteiger partial charge in [-0.3, -0.25) is 9.59 Å². The van der Waals surface area contributed by atoms with E-state index in [-0.39, 0.29) is 24.8 Å². The van der Waals surface area contributed by atoms with Crippen molar-refractivity contribution >= 4 is 22.9 Å². The SMILES string of the molecule is CCOC(=O)CCNC(=O)c1ccc2nc[nH]c2c1. The van der Waals surface area contributed by atoms with Gasteiger partial charge in [-0.1, -0.05) is 0 Å². The smallest absolute Gasteiger partial charge is 0.307 e. The Morgan fingerprint density at radius 2 is 2.26 bits per heavy atom. The fraction of sp³-hybridized carbons (Fsp3) is 0.308. The van der Waals surface area contributed by atoms with Gasteiger partial charge in [0.05, 0.1) is 30.4 Å². The van der Waals surface area contributed by atoms with Crippen LogP contribution in [0.15, 0.2) is 24.5 Å². The van der Waals surface area contributed by atoms with Gasteiger partial charge in [0.2, 0.25) is 0 Å². The number of nitrogens with one attached hydrogen (secondary N) is 2. The summed E-state index contributed by atoms with van der Waals surface area (Å²) in [5, 5.41) is 2.67. The molecule has 2 N–H and O–H groups in total. The average Bonchev–Trinajstić information content (AvgIpc) is 2.86. The minimum atomic E-state index is -0.313. The largest absolute Gasteiger partial charge is 0.466 e. The molecule has 0 saturated heterocycles. The Bertz CT molecular complexity index is 592. The van der Waals surface area contributed by atoms with Crippen LogP contribution in [0.5, 0.6) is 0 Å². The predicted molar refractivity (Wildman–Crippen MR) is 69.7 cm³/mol. The van der Waals surface area contributed by atoms with E-state index in [0.29, 0.717) is 12.2 Å². The molecule has 2 rings (SSSR count). The number of hydrogen-bond donors (Lipinski definition) is 2. The first kappa shape index (κ1) is 13.1. The predicted octanol–water partition coefficient (Wildman–Crippen LogP) is 1.25. The van der Waals surface area contributed by atoms with E-state index < -0.39 is 0 Å². The number of carbonyl (C=O) groups is 2. The van der Waals surface area contributed by atoms with Gasteiger partial charge in [-0.2, -0.15) is 0 Å². The van der Waals surface area contributed by atoms with Crippen molar-refractivity contribution in [3.8, 4) is 0 Å². The maximum absolute atomic E-state index is 11.9. The summed E-state index contributed by atoms with van der Waals surface area (Å²) in [7, 11) is 0. The van der Waals surface area contributed by atoms with Crippen LogP contribution in [0.25, 0.3) is 11.0 Å². The number of H-pyrrole nitrogens is 1. The molecule has 0 fully saturated rings. The van der Waals surface area contributed by atoms with Crippen molar-refractivity contribution in [1.82, 2.24) is 15.3 Å². The van der Waals surface area contributed by atoms with Crippen LogP contribution < -0.4 is 5.32 Å². The van der Waals surface area contributed by atoms with Crippen LogP contribution in [0.1, 0.15) is 23.7 Å². The Hall–Kier alpha value is -2.37. The number of carbonyl (C=O) groups excluding carboxylic acids is 2. The fourth-order valence-corrected chi connectivity index (χ4v) is 1.69. The van der Waals surface area contributed by atoms with E-state index in [2.05, 4.69) is 15.3 Å². The summed E-state index contributed by atoms with van der Waals surface area (Å²) in [6.45, 7) is 2.36. The lowest BCUT2D eigenvalue weighted by Gasteiger charge is -2.05. The lowest BCUT2D eigenvalue weighted by Crippen LogP contribution is -2.26. The summed E-state index contributed by atoms with van der Waals surface area (Å²) >= 11 is 0. The topological polar surface area (TPSA) is 84.1 Å². The molecule has 0 atom stereocenters. The molecule has 1 aromatic carbocycles. The van der Waals surface area contributed by atoms with E-state index in [1.807, 2.05) is 0 Å². The van der Waals surface area contributed by atoms with Crippen LogP contribution >= 0.6 is 0 Å². The molecule has 6 nitrogen and oxygen atoms in total. The molecule has 1 amide bonds. The van der Waals surface area contributed by atoms with E-state index in [1.54, 1.807) is 31.5 Å². The van der Waals surface area contributed by atoms with Crippen LogP contribution in [0.3, 0.4) is 0 Å². The van der Waals surface area contributed by atoms with Crippen LogP contribution in [0, 0.1) is 0 Å². The van der Waals surface area contributed by atoms with Crippen molar-refractivity contribution in [2.24, 2.45) is 0 Å².